The number of amides is 1. The summed E-state index contributed by atoms with van der Waals surface area (Å²) in [6.45, 7) is 6.43. The van der Waals surface area contributed by atoms with Crippen LogP contribution >= 0.6 is 0 Å². The minimum Gasteiger partial charge on any atom is -0.444 e. The van der Waals surface area contributed by atoms with Crippen LogP contribution in [0.2, 0.25) is 0 Å². The summed E-state index contributed by atoms with van der Waals surface area (Å²) in [5.41, 5.74) is 2.84. The summed E-state index contributed by atoms with van der Waals surface area (Å²) in [6.07, 6.45) is -0.445. The van der Waals surface area contributed by atoms with Crippen molar-refractivity contribution in [1.82, 2.24) is 0 Å². The first kappa shape index (κ1) is 15.9. The number of hydrogen-bond acceptors (Lipinski definition) is 3. The van der Waals surface area contributed by atoms with E-state index in [9.17, 15) is 4.79 Å². The third-order valence-electron chi connectivity index (χ3n) is 3.46. The highest BCUT2D eigenvalue weighted by atomic mass is 16.5. The van der Waals surface area contributed by atoms with E-state index in [1.807, 2.05) is 54.6 Å². The van der Waals surface area contributed by atoms with Gasteiger partial charge in [0.1, 0.15) is 6.61 Å². The van der Waals surface area contributed by atoms with Crippen LogP contribution < -0.4 is 10.2 Å². The maximum absolute atomic E-state index is 11.8. The molecular formula is C18H22N2O2. The van der Waals surface area contributed by atoms with Crippen molar-refractivity contribution in [3.05, 3.63) is 60.2 Å². The van der Waals surface area contributed by atoms with E-state index in [0.29, 0.717) is 0 Å². The Bertz CT molecular complexity index is 578. The molecule has 116 valence electrons. The maximum Gasteiger partial charge on any atom is 0.411 e. The zero-order valence-corrected chi connectivity index (χ0v) is 13.1. The van der Waals surface area contributed by atoms with Crippen LogP contribution in [-0.2, 0) is 11.3 Å². The first-order chi connectivity index (χ1) is 10.7. The Kier molecular flexibility index (Phi) is 5.83. The van der Waals surface area contributed by atoms with Crippen LogP contribution in [0.4, 0.5) is 16.2 Å². The predicted molar refractivity (Wildman–Crippen MR) is 90.3 cm³/mol. The Morgan fingerprint density at radius 1 is 1.00 bits per heavy atom. The second kappa shape index (κ2) is 8.08. The second-order valence-electron chi connectivity index (χ2n) is 4.91. The lowest BCUT2D eigenvalue weighted by Gasteiger charge is -2.21. The normalized spacial score (nSPS) is 10.1. The molecule has 4 nitrogen and oxygen atoms in total. The van der Waals surface area contributed by atoms with Crippen molar-refractivity contribution in [3.63, 3.8) is 0 Å². The molecule has 2 aromatic carbocycles. The number of nitrogens with one attached hydrogen (secondary N) is 1. The molecule has 0 fully saturated rings. The van der Waals surface area contributed by atoms with Gasteiger partial charge in [0.25, 0.3) is 0 Å². The standard InChI is InChI=1S/C18H22N2O2/c1-3-20(4-2)17-12-10-16(11-13-17)19-18(21)22-14-15-8-6-5-7-9-15/h5-13H,3-4,14H2,1-2H3,(H,19,21). The van der Waals surface area contributed by atoms with Gasteiger partial charge in [-0.15, -0.1) is 0 Å². The Morgan fingerprint density at radius 3 is 2.23 bits per heavy atom. The molecule has 0 saturated carbocycles. The lowest BCUT2D eigenvalue weighted by Crippen LogP contribution is -2.21. The largest absolute Gasteiger partial charge is 0.444 e. The number of carbonyl (C=O) groups is 1. The van der Waals surface area contributed by atoms with E-state index in [1.54, 1.807) is 0 Å². The molecule has 0 aliphatic carbocycles. The maximum atomic E-state index is 11.8. The predicted octanol–water partition coefficient (Wildman–Crippen LogP) is 4.28. The Labute approximate surface area is 131 Å². The van der Waals surface area contributed by atoms with E-state index < -0.39 is 6.09 Å². The summed E-state index contributed by atoms with van der Waals surface area (Å²) in [6, 6.07) is 17.4. The lowest BCUT2D eigenvalue weighted by molar-refractivity contribution is 0.155. The minimum absolute atomic E-state index is 0.268. The van der Waals surface area contributed by atoms with Crippen molar-refractivity contribution in [2.45, 2.75) is 20.5 Å². The number of carbonyl (C=O) groups excluding carboxylic acids is 1. The van der Waals surface area contributed by atoms with Gasteiger partial charge < -0.3 is 9.64 Å². The molecule has 0 atom stereocenters. The second-order valence-corrected chi connectivity index (χ2v) is 4.91. The minimum atomic E-state index is -0.445. The van der Waals surface area contributed by atoms with Crippen molar-refractivity contribution < 1.29 is 9.53 Å². The summed E-state index contributed by atoms with van der Waals surface area (Å²) in [5.74, 6) is 0. The summed E-state index contributed by atoms with van der Waals surface area (Å²) < 4.78 is 5.19. The summed E-state index contributed by atoms with van der Waals surface area (Å²) in [4.78, 5) is 14.0. The SMILES string of the molecule is CCN(CC)c1ccc(NC(=O)OCc2ccccc2)cc1. The van der Waals surface area contributed by atoms with Crippen LogP contribution in [0.5, 0.6) is 0 Å². The topological polar surface area (TPSA) is 41.6 Å². The fraction of sp³-hybridized carbons (Fsp3) is 0.278. The third-order valence-corrected chi connectivity index (χ3v) is 3.46. The number of ether oxygens (including phenoxy) is 1. The van der Waals surface area contributed by atoms with Crippen molar-refractivity contribution in [3.8, 4) is 0 Å². The molecule has 2 rings (SSSR count). The van der Waals surface area contributed by atoms with Gasteiger partial charge in [-0.3, -0.25) is 5.32 Å². The lowest BCUT2D eigenvalue weighted by atomic mass is 10.2. The molecular weight excluding hydrogens is 276 g/mol. The van der Waals surface area contributed by atoms with Gasteiger partial charge in [-0.1, -0.05) is 30.3 Å². The van der Waals surface area contributed by atoms with Crippen molar-refractivity contribution >= 4 is 17.5 Å². The van der Waals surface area contributed by atoms with Crippen molar-refractivity contribution in [2.24, 2.45) is 0 Å². The van der Waals surface area contributed by atoms with Gasteiger partial charge in [0, 0.05) is 24.5 Å². The molecule has 2 aromatic rings. The van der Waals surface area contributed by atoms with E-state index >= 15 is 0 Å². The molecule has 0 radical (unpaired) electrons. The number of hydrogen-bond donors (Lipinski definition) is 1. The van der Waals surface area contributed by atoms with Gasteiger partial charge in [-0.2, -0.15) is 0 Å². The Hall–Kier alpha value is -2.49. The number of benzene rings is 2. The van der Waals surface area contributed by atoms with E-state index in [0.717, 1.165) is 30.0 Å². The molecule has 0 spiro atoms. The van der Waals surface area contributed by atoms with Gasteiger partial charge in [0.05, 0.1) is 0 Å². The average molecular weight is 298 g/mol. The van der Waals surface area contributed by atoms with Gasteiger partial charge in [-0.25, -0.2) is 4.79 Å². The molecule has 1 amide bonds. The first-order valence-electron chi connectivity index (χ1n) is 7.55. The quantitative estimate of drug-likeness (QED) is 0.865. The van der Waals surface area contributed by atoms with Crippen LogP contribution in [0, 0.1) is 0 Å². The fourth-order valence-corrected chi connectivity index (χ4v) is 2.22. The van der Waals surface area contributed by atoms with E-state index in [4.69, 9.17) is 4.74 Å². The van der Waals surface area contributed by atoms with Crippen LogP contribution in [0.25, 0.3) is 0 Å². The van der Waals surface area contributed by atoms with Crippen LogP contribution in [0.3, 0.4) is 0 Å². The molecule has 0 saturated heterocycles. The van der Waals surface area contributed by atoms with Crippen LogP contribution in [-0.4, -0.2) is 19.2 Å². The van der Waals surface area contributed by atoms with Crippen LogP contribution in [0.1, 0.15) is 19.4 Å². The molecule has 1 N–H and O–H groups in total. The first-order valence-corrected chi connectivity index (χ1v) is 7.55. The van der Waals surface area contributed by atoms with Crippen molar-refractivity contribution in [1.29, 1.82) is 0 Å². The summed E-state index contributed by atoms with van der Waals surface area (Å²) in [7, 11) is 0. The highest BCUT2D eigenvalue weighted by molar-refractivity contribution is 5.84. The molecule has 0 unspecified atom stereocenters. The smallest absolute Gasteiger partial charge is 0.411 e. The molecule has 22 heavy (non-hydrogen) atoms. The molecule has 0 aliphatic rings. The van der Waals surface area contributed by atoms with E-state index in [1.165, 1.54) is 0 Å². The summed E-state index contributed by atoms with van der Waals surface area (Å²) in [5, 5.41) is 2.73. The zero-order valence-electron chi connectivity index (χ0n) is 13.1. The average Bonchev–Trinajstić information content (AvgIpc) is 2.56. The molecule has 0 aromatic heterocycles. The van der Waals surface area contributed by atoms with Crippen LogP contribution in [0.15, 0.2) is 54.6 Å². The van der Waals surface area contributed by atoms with Gasteiger partial charge in [0.2, 0.25) is 0 Å². The monoisotopic (exact) mass is 298 g/mol. The Balaban J connectivity index is 1.86. The van der Waals surface area contributed by atoms with Gasteiger partial charge >= 0.3 is 6.09 Å². The Morgan fingerprint density at radius 2 is 1.64 bits per heavy atom. The van der Waals surface area contributed by atoms with E-state index in [2.05, 4.69) is 24.1 Å². The molecule has 4 heteroatoms. The van der Waals surface area contributed by atoms with E-state index in [-0.39, 0.29) is 6.61 Å². The highest BCUT2D eigenvalue weighted by Crippen LogP contribution is 2.17. The zero-order chi connectivity index (χ0) is 15.8. The highest BCUT2D eigenvalue weighted by Gasteiger charge is 2.05. The number of anilines is 2. The fourth-order valence-electron chi connectivity index (χ4n) is 2.22. The number of nitrogens with zero attached hydrogens (tertiary/aromatic N) is 1. The third kappa shape index (κ3) is 4.52. The van der Waals surface area contributed by atoms with Crippen molar-refractivity contribution in [2.75, 3.05) is 23.3 Å². The van der Waals surface area contributed by atoms with Gasteiger partial charge in [0.15, 0.2) is 0 Å². The number of rotatable bonds is 6. The van der Waals surface area contributed by atoms with Gasteiger partial charge in [-0.05, 0) is 43.7 Å². The molecule has 0 aliphatic heterocycles. The summed E-state index contributed by atoms with van der Waals surface area (Å²) >= 11 is 0. The molecule has 0 heterocycles. The molecule has 0 bridgehead atoms.